The predicted molar refractivity (Wildman–Crippen MR) is 71.5 cm³/mol. The molecule has 0 saturated heterocycles. The fourth-order valence-electron chi connectivity index (χ4n) is 3.31. The fraction of sp³-hybridized carbons (Fsp3) is 0.769. The van der Waals surface area contributed by atoms with Crippen molar-refractivity contribution in [2.75, 3.05) is 12.3 Å². The van der Waals surface area contributed by atoms with Gasteiger partial charge in [0.1, 0.15) is 5.78 Å². The number of Topliss-reactive ketones (excluding diaryl/α,β-unsaturated/α-hetero) is 1. The number of rotatable bonds is 1. The van der Waals surface area contributed by atoms with Crippen molar-refractivity contribution in [2.24, 2.45) is 22.7 Å². The van der Waals surface area contributed by atoms with E-state index >= 15 is 0 Å². The molecule has 2 aliphatic carbocycles. The summed E-state index contributed by atoms with van der Waals surface area (Å²) >= 11 is 1.61. The molecule has 4 nitrogen and oxygen atoms in total. The third kappa shape index (κ3) is 2.32. The first-order valence-electron chi connectivity index (χ1n) is 6.76. The molecule has 0 aromatic heterocycles. The Hall–Kier alpha value is -0.840. The fourth-order valence-corrected chi connectivity index (χ4v) is 4.04. The van der Waals surface area contributed by atoms with Crippen LogP contribution in [0.3, 0.4) is 0 Å². The van der Waals surface area contributed by atoms with E-state index in [1.54, 1.807) is 11.8 Å². The third-order valence-electron chi connectivity index (χ3n) is 4.23. The van der Waals surface area contributed by atoms with Gasteiger partial charge in [-0.05, 0) is 25.7 Å². The maximum atomic E-state index is 12.2. The lowest BCUT2D eigenvalue weighted by Gasteiger charge is -2.36. The lowest BCUT2D eigenvalue weighted by Crippen LogP contribution is -2.43. The Morgan fingerprint density at radius 3 is 2.61 bits per heavy atom. The van der Waals surface area contributed by atoms with Gasteiger partial charge in [-0.3, -0.25) is 14.6 Å². The van der Waals surface area contributed by atoms with Crippen molar-refractivity contribution in [1.29, 1.82) is 0 Å². The molecule has 18 heavy (non-hydrogen) atoms. The van der Waals surface area contributed by atoms with E-state index in [1.807, 2.05) is 0 Å². The van der Waals surface area contributed by atoms with Gasteiger partial charge in [0.15, 0.2) is 5.17 Å². The summed E-state index contributed by atoms with van der Waals surface area (Å²) in [5, 5.41) is 3.68. The summed E-state index contributed by atoms with van der Waals surface area (Å²) in [6, 6.07) is 0. The molecular formula is C13H18N2O2S. The molecule has 98 valence electrons. The first kappa shape index (κ1) is 12.2. The van der Waals surface area contributed by atoms with E-state index < -0.39 is 0 Å². The quantitative estimate of drug-likeness (QED) is 0.784. The monoisotopic (exact) mass is 266 g/mol. The van der Waals surface area contributed by atoms with Crippen LogP contribution in [0.5, 0.6) is 0 Å². The van der Waals surface area contributed by atoms with Crippen molar-refractivity contribution in [3.8, 4) is 0 Å². The van der Waals surface area contributed by atoms with Crippen LogP contribution < -0.4 is 5.32 Å². The molecule has 1 heterocycles. The summed E-state index contributed by atoms with van der Waals surface area (Å²) in [6.45, 7) is 0.800. The summed E-state index contributed by atoms with van der Waals surface area (Å²) in [4.78, 5) is 28.4. The van der Waals surface area contributed by atoms with Crippen LogP contribution in [0.1, 0.15) is 32.1 Å². The number of nitrogens with zero attached hydrogens (tertiary/aromatic N) is 1. The Kier molecular flexibility index (Phi) is 3.41. The Bertz CT molecular complexity index is 392. The van der Waals surface area contributed by atoms with Gasteiger partial charge in [-0.1, -0.05) is 18.2 Å². The minimum atomic E-state index is 0.0156. The molecule has 1 amide bonds. The topological polar surface area (TPSA) is 58.5 Å². The molecule has 3 aliphatic rings. The zero-order chi connectivity index (χ0) is 12.5. The van der Waals surface area contributed by atoms with Gasteiger partial charge in [-0.15, -0.1) is 0 Å². The molecular weight excluding hydrogens is 248 g/mol. The van der Waals surface area contributed by atoms with E-state index in [0.29, 0.717) is 5.78 Å². The van der Waals surface area contributed by atoms with Gasteiger partial charge in [-0.25, -0.2) is 0 Å². The standard InChI is InChI=1S/C13H18N2O2S/c16-11-8-2-1-3-9(11)7-10(6-8)12(17)15-13-14-4-5-18-13/h8-10H,1-7H2,(H,14,15,17)/t8-,9+,10?. The van der Waals surface area contributed by atoms with Gasteiger partial charge in [-0.2, -0.15) is 0 Å². The molecule has 1 unspecified atom stereocenters. The van der Waals surface area contributed by atoms with Crippen molar-refractivity contribution in [1.82, 2.24) is 5.32 Å². The Labute approximate surface area is 111 Å². The highest BCUT2D eigenvalue weighted by atomic mass is 32.2. The molecule has 2 fully saturated rings. The maximum absolute atomic E-state index is 12.2. The number of hydrogen-bond donors (Lipinski definition) is 1. The van der Waals surface area contributed by atoms with Crippen LogP contribution in [-0.2, 0) is 9.59 Å². The number of amides is 1. The van der Waals surface area contributed by atoms with Crippen LogP contribution in [0.4, 0.5) is 0 Å². The highest BCUT2D eigenvalue weighted by Gasteiger charge is 2.41. The summed E-state index contributed by atoms with van der Waals surface area (Å²) in [7, 11) is 0. The van der Waals surface area contributed by atoms with Crippen molar-refractivity contribution >= 4 is 28.6 Å². The normalized spacial score (nSPS) is 35.2. The molecule has 0 aromatic rings. The third-order valence-corrected chi connectivity index (χ3v) is 5.13. The lowest BCUT2D eigenvalue weighted by atomic mass is 9.67. The molecule has 2 bridgehead atoms. The molecule has 3 atom stereocenters. The zero-order valence-electron chi connectivity index (χ0n) is 10.4. The minimum Gasteiger partial charge on any atom is -0.305 e. The van der Waals surface area contributed by atoms with Crippen molar-refractivity contribution in [3.63, 3.8) is 0 Å². The van der Waals surface area contributed by atoms with Crippen LogP contribution in [-0.4, -0.2) is 29.2 Å². The Balaban J connectivity index is 1.63. The van der Waals surface area contributed by atoms with E-state index in [2.05, 4.69) is 10.3 Å². The maximum Gasteiger partial charge on any atom is 0.229 e. The molecule has 0 aromatic carbocycles. The molecule has 3 rings (SSSR count). The summed E-state index contributed by atoms with van der Waals surface area (Å²) in [6.07, 6.45) is 4.61. The number of nitrogens with one attached hydrogen (secondary N) is 1. The van der Waals surface area contributed by atoms with Crippen LogP contribution in [0.15, 0.2) is 4.99 Å². The van der Waals surface area contributed by atoms with Gasteiger partial charge < -0.3 is 5.32 Å². The van der Waals surface area contributed by atoms with Gasteiger partial charge in [0.25, 0.3) is 0 Å². The Morgan fingerprint density at radius 1 is 1.28 bits per heavy atom. The van der Waals surface area contributed by atoms with Crippen LogP contribution in [0.2, 0.25) is 0 Å². The molecule has 0 spiro atoms. The molecule has 1 aliphatic heterocycles. The number of hydrogen-bond acceptors (Lipinski definition) is 4. The SMILES string of the molecule is O=C(NC1=NCCS1)C1C[C@H]2CCC[C@@H](C1)C2=O. The van der Waals surface area contributed by atoms with Crippen molar-refractivity contribution in [3.05, 3.63) is 0 Å². The average molecular weight is 266 g/mol. The van der Waals surface area contributed by atoms with Gasteiger partial charge in [0.2, 0.25) is 5.91 Å². The second kappa shape index (κ2) is 5.03. The number of thioether (sulfide) groups is 1. The number of amidine groups is 1. The predicted octanol–water partition coefficient (Wildman–Crippen LogP) is 1.60. The number of carbonyl (C=O) groups excluding carboxylic acids is 2. The van der Waals surface area contributed by atoms with Crippen LogP contribution >= 0.6 is 11.8 Å². The number of ketones is 1. The van der Waals surface area contributed by atoms with E-state index in [4.69, 9.17) is 0 Å². The minimum absolute atomic E-state index is 0.0156. The lowest BCUT2D eigenvalue weighted by molar-refractivity contribution is -0.137. The highest BCUT2D eigenvalue weighted by Crippen LogP contribution is 2.40. The van der Waals surface area contributed by atoms with Gasteiger partial charge >= 0.3 is 0 Å². The van der Waals surface area contributed by atoms with E-state index in [9.17, 15) is 9.59 Å². The largest absolute Gasteiger partial charge is 0.305 e. The van der Waals surface area contributed by atoms with Gasteiger partial charge in [0, 0.05) is 23.5 Å². The van der Waals surface area contributed by atoms with Crippen molar-refractivity contribution < 1.29 is 9.59 Å². The van der Waals surface area contributed by atoms with E-state index in [-0.39, 0.29) is 23.7 Å². The van der Waals surface area contributed by atoms with E-state index in [0.717, 1.165) is 49.6 Å². The van der Waals surface area contributed by atoms with Crippen LogP contribution in [0.25, 0.3) is 0 Å². The number of carbonyl (C=O) groups is 2. The highest BCUT2D eigenvalue weighted by molar-refractivity contribution is 8.14. The molecule has 0 radical (unpaired) electrons. The first-order chi connectivity index (χ1) is 8.74. The summed E-state index contributed by atoms with van der Waals surface area (Å²) in [5.41, 5.74) is 0. The summed E-state index contributed by atoms with van der Waals surface area (Å²) in [5.74, 6) is 1.76. The molecule has 5 heteroatoms. The summed E-state index contributed by atoms with van der Waals surface area (Å²) < 4.78 is 0. The number of fused-ring (bicyclic) bond motifs is 2. The van der Waals surface area contributed by atoms with Gasteiger partial charge in [0.05, 0.1) is 6.54 Å². The second-order valence-electron chi connectivity index (χ2n) is 5.42. The molecule has 1 N–H and O–H groups in total. The second-order valence-corrected chi connectivity index (χ2v) is 6.50. The number of aliphatic imine (C=N–C) groups is 1. The van der Waals surface area contributed by atoms with Crippen LogP contribution in [0, 0.1) is 17.8 Å². The molecule has 2 saturated carbocycles. The Morgan fingerprint density at radius 2 is 2.00 bits per heavy atom. The van der Waals surface area contributed by atoms with E-state index in [1.165, 1.54) is 0 Å². The van der Waals surface area contributed by atoms with Crippen molar-refractivity contribution in [2.45, 2.75) is 32.1 Å². The zero-order valence-corrected chi connectivity index (χ0v) is 11.2. The average Bonchev–Trinajstić information content (AvgIpc) is 2.81. The smallest absolute Gasteiger partial charge is 0.229 e. The first-order valence-corrected chi connectivity index (χ1v) is 7.74.